The summed E-state index contributed by atoms with van der Waals surface area (Å²) in [7, 11) is -3.45. The third-order valence-electron chi connectivity index (χ3n) is 1.86. The van der Waals surface area contributed by atoms with Gasteiger partial charge >= 0.3 is 0 Å². The Bertz CT molecular complexity index is 313. The average Bonchev–Trinajstić information content (AvgIpc) is 1.94. The van der Waals surface area contributed by atoms with Gasteiger partial charge < -0.3 is 10.3 Å². The molecule has 6 heteroatoms. The van der Waals surface area contributed by atoms with Crippen molar-refractivity contribution in [2.75, 3.05) is 12.9 Å². The highest BCUT2D eigenvalue weighted by Crippen LogP contribution is 2.21. The predicted octanol–water partition coefficient (Wildman–Crippen LogP) is 0.268. The largest absolute Gasteiger partial charge is 0.411 e. The van der Waals surface area contributed by atoms with E-state index in [-0.39, 0.29) is 5.71 Å². The maximum absolute atomic E-state index is 11.3. The second-order valence-electron chi connectivity index (χ2n) is 4.24. The van der Waals surface area contributed by atoms with Crippen LogP contribution in [0, 0.1) is 5.41 Å². The van der Waals surface area contributed by atoms with Gasteiger partial charge in [0.25, 0.3) is 0 Å². The van der Waals surface area contributed by atoms with Gasteiger partial charge in [0.2, 0.25) is 0 Å². The maximum Gasteiger partial charge on any atom is 0.158 e. The molecule has 0 bridgehead atoms. The van der Waals surface area contributed by atoms with Gasteiger partial charge in [0.15, 0.2) is 9.84 Å². The third kappa shape index (κ3) is 3.26. The van der Waals surface area contributed by atoms with E-state index in [1.807, 2.05) is 0 Å². The summed E-state index contributed by atoms with van der Waals surface area (Å²) in [6, 6.07) is 0. The van der Waals surface area contributed by atoms with Gasteiger partial charge in [-0.2, -0.15) is 0 Å². The number of sulfone groups is 1. The lowest BCUT2D eigenvalue weighted by Crippen LogP contribution is -2.40. The second-order valence-corrected chi connectivity index (χ2v) is 6.46. The smallest absolute Gasteiger partial charge is 0.158 e. The van der Waals surface area contributed by atoms with Crippen LogP contribution in [0.15, 0.2) is 5.16 Å². The van der Waals surface area contributed by atoms with E-state index in [0.717, 1.165) is 6.26 Å². The zero-order valence-electron chi connectivity index (χ0n) is 8.85. The minimum absolute atomic E-state index is 0.0718. The van der Waals surface area contributed by atoms with Crippen LogP contribution in [0.5, 0.6) is 0 Å². The van der Waals surface area contributed by atoms with Gasteiger partial charge in [0.05, 0.1) is 12.3 Å². The van der Waals surface area contributed by atoms with E-state index in [2.05, 4.69) is 5.16 Å². The van der Waals surface area contributed by atoms with Crippen molar-refractivity contribution in [2.24, 2.45) is 10.6 Å². The first-order chi connectivity index (χ1) is 6.14. The first kappa shape index (κ1) is 13.4. The van der Waals surface area contributed by atoms with Gasteiger partial charge in [-0.1, -0.05) is 25.9 Å². The molecule has 1 atom stereocenters. The summed E-state index contributed by atoms with van der Waals surface area (Å²) in [5.74, 6) is 0. The number of hydrogen-bond acceptors (Lipinski definition) is 5. The van der Waals surface area contributed by atoms with Crippen LogP contribution in [0.25, 0.3) is 0 Å². The molecule has 0 aromatic heterocycles. The first-order valence-electron chi connectivity index (χ1n) is 4.16. The molecule has 0 amide bonds. The monoisotopic (exact) mass is 223 g/mol. The summed E-state index contributed by atoms with van der Waals surface area (Å²) >= 11 is 0. The van der Waals surface area contributed by atoms with E-state index in [1.165, 1.54) is 0 Å². The Morgan fingerprint density at radius 2 is 1.86 bits per heavy atom. The Balaban J connectivity index is 5.25. The minimum Gasteiger partial charge on any atom is -0.411 e. The van der Waals surface area contributed by atoms with E-state index in [0.29, 0.717) is 0 Å². The lowest BCUT2D eigenvalue weighted by Gasteiger charge is -2.25. The fraction of sp³-hybridized carbons (Fsp3) is 0.875. The summed E-state index contributed by atoms with van der Waals surface area (Å²) < 4.78 is 22.5. The van der Waals surface area contributed by atoms with Gasteiger partial charge in [-0.05, 0) is 0 Å². The molecule has 0 aromatic rings. The van der Waals surface area contributed by atoms with Crippen molar-refractivity contribution >= 4 is 15.5 Å². The van der Waals surface area contributed by atoms with Crippen molar-refractivity contribution in [3.05, 3.63) is 0 Å². The number of aliphatic hydroxyl groups excluding tert-OH is 1. The molecular weight excluding hydrogens is 206 g/mol. The Labute approximate surface area is 84.4 Å². The number of rotatable bonds is 3. The number of aliphatic hydroxyl groups is 1. The van der Waals surface area contributed by atoms with E-state index < -0.39 is 27.1 Å². The Morgan fingerprint density at radius 1 is 1.43 bits per heavy atom. The normalized spacial score (nSPS) is 16.8. The van der Waals surface area contributed by atoms with Gasteiger partial charge in [0, 0.05) is 11.7 Å². The van der Waals surface area contributed by atoms with Crippen LogP contribution in [0.2, 0.25) is 0 Å². The SMILES string of the molecule is CC(C)(C)/C(=N/O)[C@H](CO)S(C)(=O)=O. The van der Waals surface area contributed by atoms with Crippen molar-refractivity contribution in [3.8, 4) is 0 Å². The molecule has 0 spiro atoms. The van der Waals surface area contributed by atoms with Crippen LogP contribution in [0.4, 0.5) is 0 Å². The summed E-state index contributed by atoms with van der Waals surface area (Å²) in [5.41, 5.74) is -0.520. The molecule has 0 radical (unpaired) electrons. The maximum atomic E-state index is 11.3. The topological polar surface area (TPSA) is 87.0 Å². The van der Waals surface area contributed by atoms with Crippen LogP contribution in [0.1, 0.15) is 20.8 Å². The highest BCUT2D eigenvalue weighted by molar-refractivity contribution is 7.92. The molecule has 0 rings (SSSR count). The van der Waals surface area contributed by atoms with Gasteiger partial charge in [0.1, 0.15) is 5.25 Å². The molecule has 0 unspecified atom stereocenters. The lowest BCUT2D eigenvalue weighted by atomic mass is 9.88. The van der Waals surface area contributed by atoms with Gasteiger partial charge in [-0.15, -0.1) is 0 Å². The lowest BCUT2D eigenvalue weighted by molar-refractivity contribution is 0.286. The van der Waals surface area contributed by atoms with Crippen LogP contribution in [-0.4, -0.2) is 42.6 Å². The Morgan fingerprint density at radius 3 is 1.93 bits per heavy atom. The molecule has 0 saturated carbocycles. The molecule has 0 aromatic carbocycles. The fourth-order valence-corrected chi connectivity index (χ4v) is 2.20. The average molecular weight is 223 g/mol. The van der Waals surface area contributed by atoms with E-state index in [9.17, 15) is 8.42 Å². The molecule has 14 heavy (non-hydrogen) atoms. The number of oxime groups is 1. The minimum atomic E-state index is -3.45. The molecule has 0 fully saturated rings. The molecule has 0 aliphatic carbocycles. The number of hydrogen-bond donors (Lipinski definition) is 2. The second kappa shape index (κ2) is 4.27. The molecule has 84 valence electrons. The highest BCUT2D eigenvalue weighted by atomic mass is 32.2. The molecule has 2 N–H and O–H groups in total. The van der Waals surface area contributed by atoms with Gasteiger partial charge in [-0.25, -0.2) is 8.42 Å². The molecule has 0 aliphatic heterocycles. The van der Waals surface area contributed by atoms with Crippen LogP contribution in [0.3, 0.4) is 0 Å². The Kier molecular flexibility index (Phi) is 4.08. The van der Waals surface area contributed by atoms with Crippen LogP contribution in [-0.2, 0) is 9.84 Å². The molecule has 0 aliphatic rings. The van der Waals surface area contributed by atoms with E-state index >= 15 is 0 Å². The van der Waals surface area contributed by atoms with E-state index in [4.69, 9.17) is 10.3 Å². The summed E-state index contributed by atoms with van der Waals surface area (Å²) in [6.07, 6.45) is 1.00. The number of nitrogens with zero attached hydrogens (tertiary/aromatic N) is 1. The molecule has 0 heterocycles. The van der Waals surface area contributed by atoms with E-state index in [1.54, 1.807) is 20.8 Å². The quantitative estimate of drug-likeness (QED) is 0.408. The molecule has 0 saturated heterocycles. The standard InChI is InChI=1S/C8H17NO4S/c1-8(2,3)7(9-11)6(5-10)14(4,12)13/h6,10-11H,5H2,1-4H3/b9-7+/t6-/m0/s1. The van der Waals surface area contributed by atoms with Crippen molar-refractivity contribution in [3.63, 3.8) is 0 Å². The summed E-state index contributed by atoms with van der Waals surface area (Å²) in [4.78, 5) is 0. The third-order valence-corrected chi connectivity index (χ3v) is 3.27. The summed E-state index contributed by atoms with van der Waals surface area (Å²) in [5, 5.41) is 19.5. The van der Waals surface area contributed by atoms with Crippen molar-refractivity contribution in [1.29, 1.82) is 0 Å². The molecule has 5 nitrogen and oxygen atoms in total. The highest BCUT2D eigenvalue weighted by Gasteiger charge is 2.34. The zero-order chi connectivity index (χ0) is 11.6. The van der Waals surface area contributed by atoms with Crippen LogP contribution < -0.4 is 0 Å². The van der Waals surface area contributed by atoms with Crippen molar-refractivity contribution < 1.29 is 18.7 Å². The van der Waals surface area contributed by atoms with Crippen molar-refractivity contribution in [2.45, 2.75) is 26.0 Å². The van der Waals surface area contributed by atoms with Gasteiger partial charge in [-0.3, -0.25) is 0 Å². The van der Waals surface area contributed by atoms with Crippen LogP contribution >= 0.6 is 0 Å². The van der Waals surface area contributed by atoms with Crippen molar-refractivity contribution in [1.82, 2.24) is 0 Å². The molecular formula is C8H17NO4S. The first-order valence-corrected chi connectivity index (χ1v) is 6.12. The Hall–Kier alpha value is -0.620. The summed E-state index contributed by atoms with van der Waals surface area (Å²) in [6.45, 7) is 4.58. The predicted molar refractivity (Wildman–Crippen MR) is 54.4 cm³/mol. The fourth-order valence-electron chi connectivity index (χ4n) is 1.12. The zero-order valence-corrected chi connectivity index (χ0v) is 9.67.